The van der Waals surface area contributed by atoms with Gasteiger partial charge in [0.25, 0.3) is 11.8 Å². The molecule has 1 aliphatic rings. The largest absolute Gasteiger partial charge is 0.493 e. The number of benzene rings is 3. The Morgan fingerprint density at radius 3 is 2.36 bits per heavy atom. The maximum atomic E-state index is 13.2. The third-order valence-corrected chi connectivity index (χ3v) is 6.25. The molecule has 0 spiro atoms. The van der Waals surface area contributed by atoms with E-state index in [0.29, 0.717) is 45.3 Å². The molecule has 3 aromatic rings. The van der Waals surface area contributed by atoms with Gasteiger partial charge in [0, 0.05) is 0 Å². The van der Waals surface area contributed by atoms with E-state index in [-0.39, 0.29) is 18.8 Å². The van der Waals surface area contributed by atoms with Crippen molar-refractivity contribution in [3.05, 3.63) is 81.8 Å². The zero-order valence-corrected chi connectivity index (χ0v) is 23.2. The average Bonchev–Trinajstić information content (AvgIpc) is 2.90. The number of hydrogen-bond donors (Lipinski definition) is 1. The molecule has 1 fully saturated rings. The SMILES string of the molecule is CCOc1cc(/C=C2\C(=O)NC(=O)N(c3cccc(C)c3)C2=O)cc(Br)c1OCCOc1ccccc1OC. The van der Waals surface area contributed by atoms with Gasteiger partial charge in [-0.3, -0.25) is 14.9 Å². The van der Waals surface area contributed by atoms with Crippen molar-refractivity contribution in [2.75, 3.05) is 31.8 Å². The van der Waals surface area contributed by atoms with Gasteiger partial charge in [0.05, 0.1) is 23.9 Å². The van der Waals surface area contributed by atoms with Crippen LogP contribution in [-0.2, 0) is 9.59 Å². The highest BCUT2D eigenvalue weighted by molar-refractivity contribution is 9.10. The molecule has 0 aliphatic carbocycles. The van der Waals surface area contributed by atoms with Gasteiger partial charge in [-0.15, -0.1) is 0 Å². The summed E-state index contributed by atoms with van der Waals surface area (Å²) in [5, 5.41) is 2.24. The van der Waals surface area contributed by atoms with Crippen LogP contribution in [-0.4, -0.2) is 44.8 Å². The second-order valence-electron chi connectivity index (χ2n) is 8.41. The molecule has 3 aromatic carbocycles. The predicted octanol–water partition coefficient (Wildman–Crippen LogP) is 5.29. The van der Waals surface area contributed by atoms with Gasteiger partial charge in [0.15, 0.2) is 23.0 Å². The summed E-state index contributed by atoms with van der Waals surface area (Å²) in [4.78, 5) is 39.3. The molecular weight excluding hydrogens is 568 g/mol. The van der Waals surface area contributed by atoms with Gasteiger partial charge in [0.1, 0.15) is 18.8 Å². The van der Waals surface area contributed by atoms with Gasteiger partial charge in [-0.25, -0.2) is 9.69 Å². The van der Waals surface area contributed by atoms with Crippen molar-refractivity contribution in [1.29, 1.82) is 0 Å². The fourth-order valence-corrected chi connectivity index (χ4v) is 4.51. The quantitative estimate of drug-likeness (QED) is 0.193. The molecule has 202 valence electrons. The first-order valence-corrected chi connectivity index (χ1v) is 12.9. The summed E-state index contributed by atoms with van der Waals surface area (Å²) in [5.41, 5.74) is 1.54. The molecule has 4 rings (SSSR count). The molecule has 1 saturated heterocycles. The normalized spacial score (nSPS) is 14.3. The highest BCUT2D eigenvalue weighted by atomic mass is 79.9. The van der Waals surface area contributed by atoms with E-state index in [4.69, 9.17) is 18.9 Å². The minimum Gasteiger partial charge on any atom is -0.493 e. The van der Waals surface area contributed by atoms with E-state index >= 15 is 0 Å². The van der Waals surface area contributed by atoms with Crippen LogP contribution in [0.4, 0.5) is 10.5 Å². The number of methoxy groups -OCH3 is 1. The van der Waals surface area contributed by atoms with E-state index in [1.807, 2.05) is 32.0 Å². The fourth-order valence-electron chi connectivity index (χ4n) is 3.93. The van der Waals surface area contributed by atoms with Crippen molar-refractivity contribution in [3.63, 3.8) is 0 Å². The lowest BCUT2D eigenvalue weighted by atomic mass is 10.1. The third kappa shape index (κ3) is 6.40. The number of barbiturate groups is 1. The number of para-hydroxylation sites is 2. The number of halogens is 1. The molecule has 0 bridgehead atoms. The van der Waals surface area contributed by atoms with E-state index < -0.39 is 17.8 Å². The van der Waals surface area contributed by atoms with Gasteiger partial charge in [-0.1, -0.05) is 24.3 Å². The lowest BCUT2D eigenvalue weighted by Crippen LogP contribution is -2.54. The number of carbonyl (C=O) groups excluding carboxylic acids is 3. The summed E-state index contributed by atoms with van der Waals surface area (Å²) in [6.07, 6.45) is 1.41. The monoisotopic (exact) mass is 594 g/mol. The molecule has 0 aromatic heterocycles. The first kappa shape index (κ1) is 27.7. The van der Waals surface area contributed by atoms with Crippen LogP contribution in [0.3, 0.4) is 0 Å². The van der Waals surface area contributed by atoms with Crippen LogP contribution in [0.25, 0.3) is 6.08 Å². The first-order chi connectivity index (χ1) is 18.8. The Morgan fingerprint density at radius 2 is 1.64 bits per heavy atom. The third-order valence-electron chi connectivity index (χ3n) is 5.66. The maximum Gasteiger partial charge on any atom is 0.335 e. The summed E-state index contributed by atoms with van der Waals surface area (Å²) in [6, 6.07) is 16.8. The number of nitrogens with zero attached hydrogens (tertiary/aromatic N) is 1. The minimum atomic E-state index is -0.803. The molecule has 0 saturated carbocycles. The number of carbonyl (C=O) groups is 3. The van der Waals surface area contributed by atoms with E-state index in [0.717, 1.165) is 10.5 Å². The zero-order chi connectivity index (χ0) is 27.9. The number of amides is 4. The van der Waals surface area contributed by atoms with Gasteiger partial charge in [-0.2, -0.15) is 0 Å². The standard InChI is InChI=1S/C29H27BrN2O7/c1-4-37-25-17-19(16-22(30)26(25)39-13-12-38-24-11-6-5-10-23(24)36-3)15-21-27(33)31-29(35)32(28(21)34)20-9-7-8-18(2)14-20/h5-11,14-17H,4,12-13H2,1-3H3,(H,31,33,35)/b21-15+. The topological polar surface area (TPSA) is 103 Å². The highest BCUT2D eigenvalue weighted by Gasteiger charge is 2.37. The van der Waals surface area contributed by atoms with Crippen molar-refractivity contribution in [2.24, 2.45) is 0 Å². The Labute approximate surface area is 234 Å². The van der Waals surface area contributed by atoms with Gasteiger partial charge in [0.2, 0.25) is 0 Å². The van der Waals surface area contributed by atoms with Crippen molar-refractivity contribution >= 4 is 45.5 Å². The van der Waals surface area contributed by atoms with Crippen LogP contribution < -0.4 is 29.2 Å². The van der Waals surface area contributed by atoms with Gasteiger partial charge < -0.3 is 18.9 Å². The summed E-state index contributed by atoms with van der Waals surface area (Å²) in [7, 11) is 1.57. The summed E-state index contributed by atoms with van der Waals surface area (Å²) >= 11 is 3.50. The Hall–Kier alpha value is -4.31. The number of ether oxygens (including phenoxy) is 4. The Balaban J connectivity index is 1.55. The molecule has 1 heterocycles. The smallest absolute Gasteiger partial charge is 0.335 e. The van der Waals surface area contributed by atoms with Gasteiger partial charge >= 0.3 is 6.03 Å². The minimum absolute atomic E-state index is 0.190. The van der Waals surface area contributed by atoms with Crippen LogP contribution in [0.15, 0.2) is 70.7 Å². The van der Waals surface area contributed by atoms with E-state index in [1.165, 1.54) is 6.08 Å². The summed E-state index contributed by atoms with van der Waals surface area (Å²) in [6.45, 7) is 4.50. The van der Waals surface area contributed by atoms with Gasteiger partial charge in [-0.05, 0) is 83.4 Å². The number of urea groups is 1. The molecular formula is C29H27BrN2O7. The Morgan fingerprint density at radius 1 is 0.897 bits per heavy atom. The summed E-state index contributed by atoms with van der Waals surface area (Å²) in [5.74, 6) is 0.567. The number of aryl methyl sites for hydroxylation is 1. The second kappa shape index (κ2) is 12.5. The predicted molar refractivity (Wildman–Crippen MR) is 149 cm³/mol. The number of imide groups is 2. The van der Waals surface area contributed by atoms with Crippen LogP contribution in [0.1, 0.15) is 18.1 Å². The molecule has 0 unspecified atom stereocenters. The van der Waals surface area contributed by atoms with Crippen LogP contribution in [0.2, 0.25) is 0 Å². The van der Waals surface area contributed by atoms with E-state index in [9.17, 15) is 14.4 Å². The molecule has 4 amide bonds. The van der Waals surface area contributed by atoms with E-state index in [1.54, 1.807) is 49.6 Å². The van der Waals surface area contributed by atoms with Crippen molar-refractivity contribution < 1.29 is 33.3 Å². The molecule has 39 heavy (non-hydrogen) atoms. The molecule has 0 atom stereocenters. The van der Waals surface area contributed by atoms with Crippen LogP contribution in [0, 0.1) is 6.92 Å². The first-order valence-electron chi connectivity index (χ1n) is 12.2. The Bertz CT molecular complexity index is 1440. The molecule has 9 nitrogen and oxygen atoms in total. The second-order valence-corrected chi connectivity index (χ2v) is 9.26. The highest BCUT2D eigenvalue weighted by Crippen LogP contribution is 2.38. The number of anilines is 1. The van der Waals surface area contributed by atoms with E-state index in [2.05, 4.69) is 21.2 Å². The summed E-state index contributed by atoms with van der Waals surface area (Å²) < 4.78 is 23.3. The van der Waals surface area contributed by atoms with Crippen LogP contribution in [0.5, 0.6) is 23.0 Å². The Kier molecular flexibility index (Phi) is 8.88. The zero-order valence-electron chi connectivity index (χ0n) is 21.7. The number of rotatable bonds is 10. The van der Waals surface area contributed by atoms with Crippen LogP contribution >= 0.6 is 15.9 Å². The van der Waals surface area contributed by atoms with Crippen molar-refractivity contribution in [2.45, 2.75) is 13.8 Å². The average molecular weight is 595 g/mol. The molecule has 1 aliphatic heterocycles. The molecule has 10 heteroatoms. The van der Waals surface area contributed by atoms with Crippen molar-refractivity contribution in [1.82, 2.24) is 5.32 Å². The van der Waals surface area contributed by atoms with Crippen molar-refractivity contribution in [3.8, 4) is 23.0 Å². The number of nitrogens with one attached hydrogen (secondary N) is 1. The fraction of sp³-hybridized carbons (Fsp3) is 0.207. The molecule has 1 N–H and O–H groups in total. The lowest BCUT2D eigenvalue weighted by molar-refractivity contribution is -0.122. The maximum absolute atomic E-state index is 13.2. The lowest BCUT2D eigenvalue weighted by Gasteiger charge is -2.26. The number of hydrogen-bond acceptors (Lipinski definition) is 7. The molecule has 0 radical (unpaired) electrons.